The van der Waals surface area contributed by atoms with Crippen molar-refractivity contribution in [3.05, 3.63) is 17.8 Å². The van der Waals surface area contributed by atoms with Crippen molar-refractivity contribution in [3.63, 3.8) is 0 Å². The van der Waals surface area contributed by atoms with Gasteiger partial charge in [-0.1, -0.05) is 0 Å². The van der Waals surface area contributed by atoms with Crippen LogP contribution in [0.2, 0.25) is 0 Å². The average Bonchev–Trinajstić information content (AvgIpc) is 2.74. The van der Waals surface area contributed by atoms with E-state index in [4.69, 9.17) is 0 Å². The second kappa shape index (κ2) is 4.23. The van der Waals surface area contributed by atoms with Gasteiger partial charge in [-0.25, -0.2) is 9.97 Å². The first-order valence-electron chi connectivity index (χ1n) is 5.81. The van der Waals surface area contributed by atoms with Crippen molar-refractivity contribution < 1.29 is 5.11 Å². The number of nitrogens with zero attached hydrogens (tertiary/aromatic N) is 3. The van der Waals surface area contributed by atoms with Gasteiger partial charge in [-0.15, -0.1) is 11.3 Å². The second-order valence-electron chi connectivity index (χ2n) is 4.71. The fourth-order valence-electron chi connectivity index (χ4n) is 2.40. The molecule has 1 aliphatic carbocycles. The van der Waals surface area contributed by atoms with Crippen LogP contribution in [0, 0.1) is 5.92 Å². The van der Waals surface area contributed by atoms with Gasteiger partial charge in [0.05, 0.1) is 11.5 Å². The Bertz CT molecular complexity index is 521. The van der Waals surface area contributed by atoms with Crippen molar-refractivity contribution in [2.45, 2.75) is 18.9 Å². The van der Waals surface area contributed by atoms with Crippen molar-refractivity contribution in [2.24, 2.45) is 5.92 Å². The third-order valence-corrected chi connectivity index (χ3v) is 4.17. The number of aliphatic hydroxyl groups is 1. The molecule has 1 N–H and O–H groups in total. The lowest BCUT2D eigenvalue weighted by Crippen LogP contribution is -2.37. The molecule has 90 valence electrons. The average molecular weight is 249 g/mol. The van der Waals surface area contributed by atoms with Crippen LogP contribution in [-0.2, 0) is 0 Å². The minimum absolute atomic E-state index is 0.0834. The number of hydrogen-bond acceptors (Lipinski definition) is 5. The van der Waals surface area contributed by atoms with Gasteiger partial charge < -0.3 is 10.0 Å². The van der Waals surface area contributed by atoms with E-state index in [9.17, 15) is 5.11 Å². The van der Waals surface area contributed by atoms with Crippen molar-refractivity contribution in [1.29, 1.82) is 0 Å². The second-order valence-corrected chi connectivity index (χ2v) is 5.60. The van der Waals surface area contributed by atoms with Crippen LogP contribution >= 0.6 is 11.3 Å². The van der Waals surface area contributed by atoms with Crippen LogP contribution in [0.15, 0.2) is 17.8 Å². The number of anilines is 1. The molecule has 4 nitrogen and oxygen atoms in total. The van der Waals surface area contributed by atoms with Gasteiger partial charge in [-0.2, -0.15) is 0 Å². The molecule has 0 aromatic carbocycles. The van der Waals surface area contributed by atoms with Crippen LogP contribution in [0.25, 0.3) is 10.2 Å². The molecule has 1 aliphatic rings. The molecule has 0 bridgehead atoms. The third-order valence-electron chi connectivity index (χ3n) is 3.35. The van der Waals surface area contributed by atoms with Gasteiger partial charge >= 0.3 is 0 Å². The molecule has 17 heavy (non-hydrogen) atoms. The molecule has 0 atom stereocenters. The summed E-state index contributed by atoms with van der Waals surface area (Å²) in [6.07, 6.45) is 3.38. The highest BCUT2D eigenvalue weighted by molar-refractivity contribution is 7.16. The zero-order valence-electron chi connectivity index (χ0n) is 9.71. The number of rotatable bonds is 3. The lowest BCUT2D eigenvalue weighted by molar-refractivity contribution is 0.0464. The first kappa shape index (κ1) is 10.9. The third kappa shape index (κ3) is 2.00. The molecule has 0 saturated heterocycles. The number of aromatic nitrogens is 2. The van der Waals surface area contributed by atoms with E-state index in [-0.39, 0.29) is 6.10 Å². The molecule has 0 aliphatic heterocycles. The largest absolute Gasteiger partial charge is 0.393 e. The Morgan fingerprint density at radius 2 is 2.29 bits per heavy atom. The molecule has 5 heteroatoms. The Kier molecular flexibility index (Phi) is 2.72. The molecule has 3 rings (SSSR count). The van der Waals surface area contributed by atoms with Crippen molar-refractivity contribution in [3.8, 4) is 0 Å². The Morgan fingerprint density at radius 3 is 3.06 bits per heavy atom. The van der Waals surface area contributed by atoms with Gasteiger partial charge in [0.2, 0.25) is 0 Å². The molecule has 1 saturated carbocycles. The quantitative estimate of drug-likeness (QED) is 0.902. The summed E-state index contributed by atoms with van der Waals surface area (Å²) in [6, 6.07) is 2.07. The number of thiophene rings is 1. The summed E-state index contributed by atoms with van der Waals surface area (Å²) in [5.41, 5.74) is 0. The summed E-state index contributed by atoms with van der Waals surface area (Å²) >= 11 is 1.64. The van der Waals surface area contributed by atoms with Gasteiger partial charge in [0.25, 0.3) is 0 Å². The highest BCUT2D eigenvalue weighted by atomic mass is 32.1. The van der Waals surface area contributed by atoms with E-state index in [1.807, 2.05) is 5.38 Å². The van der Waals surface area contributed by atoms with Crippen LogP contribution in [0.1, 0.15) is 12.8 Å². The maximum absolute atomic E-state index is 9.30. The number of aliphatic hydroxyl groups excluding tert-OH is 1. The lowest BCUT2D eigenvalue weighted by atomic mass is 9.82. The molecule has 2 aromatic rings. The number of hydrogen-bond donors (Lipinski definition) is 1. The maximum atomic E-state index is 9.30. The van der Waals surface area contributed by atoms with Gasteiger partial charge in [0.15, 0.2) is 0 Å². The standard InChI is InChI=1S/C12H15N3OS/c1-15(6-8-4-9(16)5-8)11-10-2-3-17-12(10)14-7-13-11/h2-3,7-9,16H,4-6H2,1H3. The molecule has 0 unspecified atom stereocenters. The molecule has 2 heterocycles. The summed E-state index contributed by atoms with van der Waals surface area (Å²) in [7, 11) is 2.06. The number of fused-ring (bicyclic) bond motifs is 1. The van der Waals surface area contributed by atoms with Crippen LogP contribution in [0.3, 0.4) is 0 Å². The summed E-state index contributed by atoms with van der Waals surface area (Å²) in [6.45, 7) is 0.957. The van der Waals surface area contributed by atoms with Crippen LogP contribution < -0.4 is 4.90 Å². The van der Waals surface area contributed by atoms with Crippen molar-refractivity contribution >= 4 is 27.4 Å². The monoisotopic (exact) mass is 249 g/mol. The van der Waals surface area contributed by atoms with E-state index >= 15 is 0 Å². The SMILES string of the molecule is CN(CC1CC(O)C1)c1ncnc2sccc12. The Balaban J connectivity index is 1.80. The maximum Gasteiger partial charge on any atom is 0.140 e. The van der Waals surface area contributed by atoms with E-state index in [1.165, 1.54) is 0 Å². The Labute approximate surface area is 104 Å². The molecule has 2 aromatic heterocycles. The summed E-state index contributed by atoms with van der Waals surface area (Å²) in [5.74, 6) is 1.59. The summed E-state index contributed by atoms with van der Waals surface area (Å²) in [5, 5.41) is 12.5. The normalized spacial score (nSPS) is 23.6. The van der Waals surface area contributed by atoms with E-state index in [2.05, 4.69) is 28.0 Å². The van der Waals surface area contributed by atoms with Crippen LogP contribution in [0.4, 0.5) is 5.82 Å². The highest BCUT2D eigenvalue weighted by Crippen LogP contribution is 2.31. The van der Waals surface area contributed by atoms with E-state index < -0.39 is 0 Å². The van der Waals surface area contributed by atoms with E-state index in [0.29, 0.717) is 5.92 Å². The van der Waals surface area contributed by atoms with Crippen LogP contribution in [0.5, 0.6) is 0 Å². The first-order chi connectivity index (χ1) is 8.24. The van der Waals surface area contributed by atoms with Crippen molar-refractivity contribution in [2.75, 3.05) is 18.5 Å². The van der Waals surface area contributed by atoms with Gasteiger partial charge in [-0.3, -0.25) is 0 Å². The van der Waals surface area contributed by atoms with Gasteiger partial charge in [0.1, 0.15) is 17.0 Å². The smallest absolute Gasteiger partial charge is 0.140 e. The molecule has 0 radical (unpaired) electrons. The summed E-state index contributed by atoms with van der Waals surface area (Å²) in [4.78, 5) is 11.8. The zero-order chi connectivity index (χ0) is 11.8. The van der Waals surface area contributed by atoms with Crippen LogP contribution in [-0.4, -0.2) is 34.8 Å². The lowest BCUT2D eigenvalue weighted by Gasteiger charge is -2.34. The highest BCUT2D eigenvalue weighted by Gasteiger charge is 2.28. The predicted molar refractivity (Wildman–Crippen MR) is 69.4 cm³/mol. The molecule has 0 amide bonds. The Morgan fingerprint density at radius 1 is 1.47 bits per heavy atom. The molecule has 0 spiro atoms. The predicted octanol–water partition coefficient (Wildman–Crippen LogP) is 1.90. The van der Waals surface area contributed by atoms with E-state index in [1.54, 1.807) is 17.7 Å². The zero-order valence-corrected chi connectivity index (χ0v) is 10.5. The minimum atomic E-state index is -0.0834. The first-order valence-corrected chi connectivity index (χ1v) is 6.69. The van der Waals surface area contributed by atoms with Gasteiger partial charge in [0, 0.05) is 13.6 Å². The Hall–Kier alpha value is -1.20. The van der Waals surface area contributed by atoms with E-state index in [0.717, 1.165) is 35.4 Å². The molecular weight excluding hydrogens is 234 g/mol. The van der Waals surface area contributed by atoms with Gasteiger partial charge in [-0.05, 0) is 30.2 Å². The van der Waals surface area contributed by atoms with Crippen molar-refractivity contribution in [1.82, 2.24) is 9.97 Å². The minimum Gasteiger partial charge on any atom is -0.393 e. The fraction of sp³-hybridized carbons (Fsp3) is 0.500. The summed E-state index contributed by atoms with van der Waals surface area (Å²) < 4.78 is 0. The fourth-order valence-corrected chi connectivity index (χ4v) is 3.13. The molecule has 1 fully saturated rings. The topological polar surface area (TPSA) is 49.2 Å². The molecular formula is C12H15N3OS.